The molecule has 2 N–H and O–H groups in total. The normalized spacial score (nSPS) is 10.0. The molecule has 0 aliphatic heterocycles. The number of hydrogen-bond donors (Lipinski definition) is 1. The van der Waals surface area contributed by atoms with Crippen LogP contribution in [0, 0.1) is 0 Å². The predicted octanol–water partition coefficient (Wildman–Crippen LogP) is 1.96. The molecule has 0 amide bonds. The van der Waals surface area contributed by atoms with Gasteiger partial charge in [0.2, 0.25) is 0 Å². The number of ketones is 1. The van der Waals surface area contributed by atoms with Crippen LogP contribution < -0.4 is 5.73 Å². The van der Waals surface area contributed by atoms with Crippen LogP contribution in [-0.4, -0.2) is 5.78 Å². The van der Waals surface area contributed by atoms with E-state index in [1.54, 1.807) is 6.92 Å². The van der Waals surface area contributed by atoms with Crippen LogP contribution in [0.2, 0.25) is 0 Å². The van der Waals surface area contributed by atoms with Gasteiger partial charge in [-0.2, -0.15) is 0 Å². The lowest BCUT2D eigenvalue weighted by molar-refractivity contribution is -0.116. The van der Waals surface area contributed by atoms with Crippen LogP contribution in [0.25, 0.3) is 0 Å². The van der Waals surface area contributed by atoms with E-state index >= 15 is 0 Å². The fraction of sp³-hybridized carbons (Fsp3) is 0.364. The zero-order valence-corrected chi connectivity index (χ0v) is 8.13. The second kappa shape index (κ2) is 4.08. The number of nitrogens with two attached hydrogens (primary N) is 1. The summed E-state index contributed by atoms with van der Waals surface area (Å²) in [6.07, 6.45) is 1.42. The average Bonchev–Trinajstić information content (AvgIpc) is 2.03. The van der Waals surface area contributed by atoms with Crippen molar-refractivity contribution in [2.45, 2.75) is 26.7 Å². The SMILES string of the molecule is CCc1ccc(CC(C)=O)cc1N. The Morgan fingerprint density at radius 2 is 2.15 bits per heavy atom. The highest BCUT2D eigenvalue weighted by Crippen LogP contribution is 2.15. The Labute approximate surface area is 78.8 Å². The van der Waals surface area contributed by atoms with E-state index in [0.717, 1.165) is 23.2 Å². The van der Waals surface area contributed by atoms with Gasteiger partial charge in [0.05, 0.1) is 0 Å². The van der Waals surface area contributed by atoms with Crippen LogP contribution in [-0.2, 0) is 17.6 Å². The number of Topliss-reactive ketones (excluding diaryl/α,β-unsaturated/α-hetero) is 1. The molecule has 1 rings (SSSR count). The fourth-order valence-electron chi connectivity index (χ4n) is 1.36. The number of benzene rings is 1. The van der Waals surface area contributed by atoms with Crippen LogP contribution in [0.4, 0.5) is 5.69 Å². The standard InChI is InChI=1S/C11H15NO/c1-3-10-5-4-9(6-8(2)13)7-11(10)12/h4-5,7H,3,6,12H2,1-2H3. The van der Waals surface area contributed by atoms with Crippen LogP contribution in [0.3, 0.4) is 0 Å². The first kappa shape index (κ1) is 9.78. The van der Waals surface area contributed by atoms with E-state index < -0.39 is 0 Å². The molecule has 2 heteroatoms. The number of hydrogen-bond acceptors (Lipinski definition) is 2. The summed E-state index contributed by atoms with van der Waals surface area (Å²) in [5.74, 6) is 0.170. The summed E-state index contributed by atoms with van der Waals surface area (Å²) >= 11 is 0. The molecular weight excluding hydrogens is 162 g/mol. The van der Waals surface area contributed by atoms with Crippen molar-refractivity contribution in [1.29, 1.82) is 0 Å². The lowest BCUT2D eigenvalue weighted by Gasteiger charge is -2.04. The summed E-state index contributed by atoms with van der Waals surface area (Å²) in [7, 11) is 0. The van der Waals surface area contributed by atoms with Crippen molar-refractivity contribution in [3.63, 3.8) is 0 Å². The maximum absolute atomic E-state index is 10.8. The summed E-state index contributed by atoms with van der Waals surface area (Å²) in [4.78, 5) is 10.8. The number of carbonyl (C=O) groups is 1. The van der Waals surface area contributed by atoms with Gasteiger partial charge >= 0.3 is 0 Å². The van der Waals surface area contributed by atoms with Gasteiger partial charge in [-0.05, 0) is 30.5 Å². The smallest absolute Gasteiger partial charge is 0.134 e. The highest BCUT2D eigenvalue weighted by Gasteiger charge is 2.00. The second-order valence-electron chi connectivity index (χ2n) is 3.27. The van der Waals surface area contributed by atoms with Crippen LogP contribution in [0.1, 0.15) is 25.0 Å². The molecule has 0 spiro atoms. The summed E-state index contributed by atoms with van der Waals surface area (Å²) in [5.41, 5.74) is 8.74. The zero-order valence-electron chi connectivity index (χ0n) is 8.13. The van der Waals surface area contributed by atoms with E-state index in [1.807, 2.05) is 18.2 Å². The zero-order chi connectivity index (χ0) is 9.84. The molecule has 2 nitrogen and oxygen atoms in total. The minimum Gasteiger partial charge on any atom is -0.398 e. The Morgan fingerprint density at radius 3 is 2.62 bits per heavy atom. The van der Waals surface area contributed by atoms with Crippen molar-refractivity contribution in [1.82, 2.24) is 0 Å². The summed E-state index contributed by atoms with van der Waals surface area (Å²) in [6.45, 7) is 3.65. The van der Waals surface area contributed by atoms with Gasteiger partial charge < -0.3 is 5.73 Å². The third-order valence-electron chi connectivity index (χ3n) is 2.04. The molecule has 1 aromatic carbocycles. The predicted molar refractivity (Wildman–Crippen MR) is 54.6 cm³/mol. The van der Waals surface area contributed by atoms with Crippen molar-refractivity contribution >= 4 is 11.5 Å². The van der Waals surface area contributed by atoms with Gasteiger partial charge in [0, 0.05) is 12.1 Å². The topological polar surface area (TPSA) is 43.1 Å². The van der Waals surface area contributed by atoms with Crippen LogP contribution >= 0.6 is 0 Å². The average molecular weight is 177 g/mol. The highest BCUT2D eigenvalue weighted by atomic mass is 16.1. The molecule has 0 fully saturated rings. The maximum atomic E-state index is 10.8. The number of carbonyl (C=O) groups excluding carboxylic acids is 1. The molecule has 0 radical (unpaired) electrons. The Morgan fingerprint density at radius 1 is 1.46 bits per heavy atom. The van der Waals surface area contributed by atoms with Gasteiger partial charge in [-0.1, -0.05) is 19.1 Å². The largest absolute Gasteiger partial charge is 0.398 e. The van der Waals surface area contributed by atoms with Gasteiger partial charge in [-0.15, -0.1) is 0 Å². The van der Waals surface area contributed by atoms with Gasteiger partial charge in [-0.3, -0.25) is 4.79 Å². The van der Waals surface area contributed by atoms with Gasteiger partial charge in [0.15, 0.2) is 0 Å². The van der Waals surface area contributed by atoms with Crippen molar-refractivity contribution in [2.75, 3.05) is 5.73 Å². The highest BCUT2D eigenvalue weighted by molar-refractivity contribution is 5.78. The summed E-state index contributed by atoms with van der Waals surface area (Å²) in [6, 6.07) is 5.85. The molecule has 0 unspecified atom stereocenters. The van der Waals surface area contributed by atoms with E-state index in [-0.39, 0.29) is 5.78 Å². The monoisotopic (exact) mass is 177 g/mol. The third-order valence-corrected chi connectivity index (χ3v) is 2.04. The Bertz CT molecular complexity index is 318. The van der Waals surface area contributed by atoms with Gasteiger partial charge in [0.25, 0.3) is 0 Å². The van der Waals surface area contributed by atoms with E-state index in [2.05, 4.69) is 6.92 Å². The number of anilines is 1. The molecule has 0 aromatic heterocycles. The Hall–Kier alpha value is -1.31. The first-order valence-corrected chi connectivity index (χ1v) is 4.50. The van der Waals surface area contributed by atoms with Crippen LogP contribution in [0.5, 0.6) is 0 Å². The Balaban J connectivity index is 2.89. The molecule has 0 atom stereocenters. The molecule has 0 saturated carbocycles. The number of rotatable bonds is 3. The van der Waals surface area contributed by atoms with Crippen molar-refractivity contribution in [3.8, 4) is 0 Å². The van der Waals surface area contributed by atoms with Crippen molar-refractivity contribution in [2.24, 2.45) is 0 Å². The summed E-state index contributed by atoms with van der Waals surface area (Å²) < 4.78 is 0. The van der Waals surface area contributed by atoms with Crippen molar-refractivity contribution in [3.05, 3.63) is 29.3 Å². The van der Waals surface area contributed by atoms with Crippen molar-refractivity contribution < 1.29 is 4.79 Å². The van der Waals surface area contributed by atoms with E-state index in [1.165, 1.54) is 0 Å². The minimum absolute atomic E-state index is 0.170. The molecule has 0 aliphatic carbocycles. The number of nitrogen functional groups attached to an aromatic ring is 1. The molecule has 13 heavy (non-hydrogen) atoms. The van der Waals surface area contributed by atoms with Gasteiger partial charge in [-0.25, -0.2) is 0 Å². The first-order valence-electron chi connectivity index (χ1n) is 4.50. The van der Waals surface area contributed by atoms with E-state index in [9.17, 15) is 4.79 Å². The molecular formula is C11H15NO. The third kappa shape index (κ3) is 2.58. The lowest BCUT2D eigenvalue weighted by atomic mass is 10.0. The quantitative estimate of drug-likeness (QED) is 0.717. The first-order chi connectivity index (χ1) is 6.13. The molecule has 0 heterocycles. The van der Waals surface area contributed by atoms with Gasteiger partial charge in [0.1, 0.15) is 5.78 Å². The van der Waals surface area contributed by atoms with Crippen LogP contribution in [0.15, 0.2) is 18.2 Å². The molecule has 0 saturated heterocycles. The summed E-state index contributed by atoms with van der Waals surface area (Å²) in [5, 5.41) is 0. The lowest BCUT2D eigenvalue weighted by Crippen LogP contribution is -1.99. The van der Waals surface area contributed by atoms with E-state index in [4.69, 9.17) is 5.73 Å². The fourth-order valence-corrected chi connectivity index (χ4v) is 1.36. The molecule has 70 valence electrons. The van der Waals surface area contributed by atoms with E-state index in [0.29, 0.717) is 6.42 Å². The molecule has 0 aliphatic rings. The molecule has 1 aromatic rings. The second-order valence-corrected chi connectivity index (χ2v) is 3.27. The maximum Gasteiger partial charge on any atom is 0.134 e. The number of aryl methyl sites for hydroxylation is 1. The Kier molecular flexibility index (Phi) is 3.07. The molecule has 0 bridgehead atoms. The minimum atomic E-state index is 0.170.